The molecule has 4 nitrogen and oxygen atoms in total. The van der Waals surface area contributed by atoms with Crippen molar-refractivity contribution in [3.63, 3.8) is 0 Å². The third-order valence-electron chi connectivity index (χ3n) is 5.83. The van der Waals surface area contributed by atoms with Crippen LogP contribution in [0.1, 0.15) is 33.3 Å². The zero-order valence-corrected chi connectivity index (χ0v) is 20.5. The normalized spacial score (nSPS) is 23.1. The first-order valence-corrected chi connectivity index (χ1v) is 13.6. The van der Waals surface area contributed by atoms with Crippen molar-refractivity contribution >= 4 is 31.4 Å². The predicted octanol–water partition coefficient (Wildman–Crippen LogP) is 5.03. The second kappa shape index (κ2) is 9.77. The average Bonchev–Trinajstić information content (AvgIpc) is 2.66. The van der Waals surface area contributed by atoms with Crippen molar-refractivity contribution in [1.29, 1.82) is 0 Å². The molecule has 166 valence electrons. The molecule has 0 fully saturated rings. The van der Waals surface area contributed by atoms with Crippen molar-refractivity contribution in [3.05, 3.63) is 54.1 Å². The maximum Gasteiger partial charge on any atom is 0.234 e. The molecule has 2 unspecified atom stereocenters. The first-order valence-electron chi connectivity index (χ1n) is 10.3. The van der Waals surface area contributed by atoms with E-state index in [1.54, 1.807) is 30.4 Å². The Bertz CT molecular complexity index is 788. The van der Waals surface area contributed by atoms with Crippen LogP contribution in [-0.2, 0) is 9.22 Å². The fourth-order valence-corrected chi connectivity index (χ4v) is 4.21. The number of rotatable bonds is 8. The largest absolute Gasteiger partial charge is 0.415 e. The Morgan fingerprint density at radius 1 is 1.30 bits per heavy atom. The van der Waals surface area contributed by atoms with Crippen LogP contribution >= 0.6 is 11.6 Å². The van der Waals surface area contributed by atoms with Crippen molar-refractivity contribution < 1.29 is 13.6 Å². The number of hydrogen-bond acceptors (Lipinski definition) is 3. The molecule has 3 atom stereocenters. The van der Waals surface area contributed by atoms with E-state index in [0.717, 1.165) is 0 Å². The summed E-state index contributed by atoms with van der Waals surface area (Å²) >= 11 is 6.25. The molecule has 0 aliphatic heterocycles. The van der Waals surface area contributed by atoms with Crippen LogP contribution in [0.4, 0.5) is 4.39 Å². The van der Waals surface area contributed by atoms with Crippen LogP contribution in [0.5, 0.6) is 0 Å². The molecule has 7 heteroatoms. The summed E-state index contributed by atoms with van der Waals surface area (Å²) in [5.74, 6) is -0.319. The highest BCUT2D eigenvalue weighted by Crippen LogP contribution is 2.40. The number of hydrogen-bond donors (Lipinski definition) is 2. The molecule has 0 saturated carbocycles. The molecule has 0 heterocycles. The van der Waals surface area contributed by atoms with Crippen molar-refractivity contribution in [2.75, 3.05) is 13.2 Å². The average molecular weight is 453 g/mol. The van der Waals surface area contributed by atoms with Gasteiger partial charge >= 0.3 is 0 Å². The van der Waals surface area contributed by atoms with E-state index in [1.165, 1.54) is 0 Å². The minimum Gasteiger partial charge on any atom is -0.415 e. The van der Waals surface area contributed by atoms with E-state index < -0.39 is 19.5 Å². The first kappa shape index (κ1) is 24.8. The SMILES string of the molecule is CC(CO[Si](C)(C)C(C)(C)C)NCC(=O)NC1C=CC=C(c2ccccc2)[C@@]1(F)Cl. The fourth-order valence-electron chi connectivity index (χ4n) is 2.81. The molecule has 2 rings (SSSR count). The highest BCUT2D eigenvalue weighted by molar-refractivity contribution is 6.74. The summed E-state index contributed by atoms with van der Waals surface area (Å²) in [6, 6.07) is 8.15. The van der Waals surface area contributed by atoms with Crippen molar-refractivity contribution in [1.82, 2.24) is 10.6 Å². The lowest BCUT2D eigenvalue weighted by atomic mass is 9.92. The van der Waals surface area contributed by atoms with Crippen LogP contribution in [0, 0.1) is 0 Å². The zero-order chi connectivity index (χ0) is 22.6. The lowest BCUT2D eigenvalue weighted by molar-refractivity contribution is -0.121. The Morgan fingerprint density at radius 3 is 2.53 bits per heavy atom. The van der Waals surface area contributed by atoms with Crippen LogP contribution in [0.3, 0.4) is 0 Å². The van der Waals surface area contributed by atoms with E-state index in [9.17, 15) is 4.79 Å². The zero-order valence-electron chi connectivity index (χ0n) is 18.8. The smallest absolute Gasteiger partial charge is 0.234 e. The maximum atomic E-state index is 15.4. The molecular formula is C23H34ClFN2O2Si. The number of carbonyl (C=O) groups is 1. The number of benzene rings is 1. The van der Waals surface area contributed by atoms with Crippen molar-refractivity contribution in [3.8, 4) is 0 Å². The molecule has 1 aliphatic rings. The lowest BCUT2D eigenvalue weighted by Crippen LogP contribution is -2.51. The summed E-state index contributed by atoms with van der Waals surface area (Å²) in [6.45, 7) is 13.5. The van der Waals surface area contributed by atoms with Gasteiger partial charge in [-0.15, -0.1) is 0 Å². The van der Waals surface area contributed by atoms with Gasteiger partial charge < -0.3 is 15.1 Å². The molecular weight excluding hydrogens is 419 g/mol. The monoisotopic (exact) mass is 452 g/mol. The molecule has 0 saturated heterocycles. The van der Waals surface area contributed by atoms with Gasteiger partial charge in [-0.3, -0.25) is 4.79 Å². The Kier molecular flexibility index (Phi) is 8.07. The maximum absolute atomic E-state index is 15.4. The second-order valence-corrected chi connectivity index (χ2v) is 14.7. The minimum atomic E-state index is -2.22. The van der Waals surface area contributed by atoms with E-state index in [1.807, 2.05) is 25.1 Å². The second-order valence-electron chi connectivity index (χ2n) is 9.35. The van der Waals surface area contributed by atoms with Gasteiger partial charge in [0.2, 0.25) is 11.0 Å². The Balaban J connectivity index is 1.88. The number of amides is 1. The summed E-state index contributed by atoms with van der Waals surface area (Å²) in [7, 11) is -1.84. The Hall–Kier alpha value is -1.47. The van der Waals surface area contributed by atoms with Crippen LogP contribution < -0.4 is 10.6 Å². The van der Waals surface area contributed by atoms with Gasteiger partial charge in [0, 0.05) is 18.2 Å². The van der Waals surface area contributed by atoms with Gasteiger partial charge in [-0.1, -0.05) is 80.9 Å². The third-order valence-corrected chi connectivity index (χ3v) is 10.8. The van der Waals surface area contributed by atoms with Crippen LogP contribution in [0.25, 0.3) is 5.57 Å². The third kappa shape index (κ3) is 6.26. The predicted molar refractivity (Wildman–Crippen MR) is 126 cm³/mol. The van der Waals surface area contributed by atoms with Gasteiger partial charge in [-0.25, -0.2) is 4.39 Å². The molecule has 1 amide bonds. The Labute approximate surface area is 186 Å². The van der Waals surface area contributed by atoms with E-state index in [4.69, 9.17) is 16.0 Å². The molecule has 0 bridgehead atoms. The number of allylic oxidation sites excluding steroid dienone is 2. The highest BCUT2D eigenvalue weighted by atomic mass is 35.5. The minimum absolute atomic E-state index is 0.00214. The van der Waals surface area contributed by atoms with Crippen molar-refractivity contribution in [2.45, 2.75) is 63.0 Å². The summed E-state index contributed by atoms with van der Waals surface area (Å²) in [5.41, 5.74) is 1.02. The number of halogens is 2. The Morgan fingerprint density at radius 2 is 1.93 bits per heavy atom. The molecule has 1 aliphatic carbocycles. The lowest BCUT2D eigenvalue weighted by Gasteiger charge is -2.37. The van der Waals surface area contributed by atoms with Crippen LogP contribution in [-0.4, -0.2) is 44.6 Å². The van der Waals surface area contributed by atoms with E-state index in [-0.39, 0.29) is 23.5 Å². The summed E-state index contributed by atoms with van der Waals surface area (Å²) in [5, 5.41) is 3.75. The van der Waals surface area contributed by atoms with Gasteiger partial charge in [-0.2, -0.15) is 0 Å². The molecule has 30 heavy (non-hydrogen) atoms. The first-order chi connectivity index (χ1) is 13.8. The van der Waals surface area contributed by atoms with Crippen LogP contribution in [0.15, 0.2) is 48.6 Å². The summed E-state index contributed by atoms with van der Waals surface area (Å²) in [4.78, 5) is 12.4. The van der Waals surface area contributed by atoms with Gasteiger partial charge in [0.15, 0.2) is 8.32 Å². The molecule has 2 N–H and O–H groups in total. The summed E-state index contributed by atoms with van der Waals surface area (Å²) in [6.07, 6.45) is 4.93. The molecule has 0 radical (unpaired) electrons. The fraction of sp³-hybridized carbons (Fsp3) is 0.522. The van der Waals surface area contributed by atoms with Crippen molar-refractivity contribution in [2.24, 2.45) is 0 Å². The number of nitrogens with one attached hydrogen (secondary N) is 2. The quantitative estimate of drug-likeness (QED) is 0.429. The van der Waals surface area contributed by atoms with E-state index in [0.29, 0.717) is 17.7 Å². The number of alkyl halides is 2. The van der Waals surface area contributed by atoms with Gasteiger partial charge in [0.25, 0.3) is 0 Å². The van der Waals surface area contributed by atoms with Gasteiger partial charge in [-0.05, 0) is 30.6 Å². The molecule has 0 spiro atoms. The number of carbonyl (C=O) groups excluding carboxylic acids is 1. The van der Waals surface area contributed by atoms with E-state index >= 15 is 4.39 Å². The standard InChI is InChI=1S/C23H34ClFN2O2Si/c1-17(16-29-30(5,6)22(2,3)4)26-15-21(28)27-20-14-10-13-19(23(20,24)25)18-11-8-7-9-12-18/h7-14,17,20,26H,15-16H2,1-6H3,(H,27,28)/t17?,20?,23-/m0/s1. The highest BCUT2D eigenvalue weighted by Gasteiger charge is 2.42. The topological polar surface area (TPSA) is 50.4 Å². The van der Waals surface area contributed by atoms with E-state index in [2.05, 4.69) is 44.5 Å². The van der Waals surface area contributed by atoms with Gasteiger partial charge in [0.05, 0.1) is 6.54 Å². The van der Waals surface area contributed by atoms with Gasteiger partial charge in [0.1, 0.15) is 6.04 Å². The molecule has 0 aromatic heterocycles. The summed E-state index contributed by atoms with van der Waals surface area (Å²) < 4.78 is 21.6. The molecule has 1 aromatic carbocycles. The molecule has 1 aromatic rings. The van der Waals surface area contributed by atoms with Crippen LogP contribution in [0.2, 0.25) is 18.1 Å².